The van der Waals surface area contributed by atoms with E-state index >= 15 is 0 Å². The van der Waals surface area contributed by atoms with Crippen molar-refractivity contribution < 1.29 is 38.9 Å². The van der Waals surface area contributed by atoms with Gasteiger partial charge in [0.05, 0.1) is 12.3 Å². The molecule has 0 aromatic heterocycles. The molecule has 0 saturated carbocycles. The minimum absolute atomic E-state index is 0.0402. The molecule has 4 aromatic rings. The summed E-state index contributed by atoms with van der Waals surface area (Å²) in [5, 5.41) is 21.9. The Morgan fingerprint density at radius 3 is 1.40 bits per heavy atom. The Bertz CT molecular complexity index is 1720. The topological polar surface area (TPSA) is 139 Å². The number of nitrogens with one attached hydrogen (secondary N) is 1. The van der Waals surface area contributed by atoms with Gasteiger partial charge in [0.1, 0.15) is 19.3 Å². The van der Waals surface area contributed by atoms with Gasteiger partial charge in [0, 0.05) is 31.4 Å². The van der Waals surface area contributed by atoms with Crippen LogP contribution in [0.3, 0.4) is 0 Å². The molecule has 2 aliphatic rings. The maximum atomic E-state index is 12.7. The molecule has 0 heterocycles. The van der Waals surface area contributed by atoms with E-state index in [0.717, 1.165) is 66.1 Å². The molecule has 0 saturated heterocycles. The van der Waals surface area contributed by atoms with Crippen LogP contribution in [0.1, 0.15) is 40.5 Å². The van der Waals surface area contributed by atoms with Crippen molar-refractivity contribution >= 4 is 53.7 Å². The normalized spacial score (nSPS) is 14.0. The van der Waals surface area contributed by atoms with Gasteiger partial charge in [-0.15, -0.1) is 0 Å². The van der Waals surface area contributed by atoms with E-state index in [4.69, 9.17) is 9.47 Å². The molecule has 9 nitrogen and oxygen atoms in total. The number of fused-ring (bicyclic) bond motifs is 6. The summed E-state index contributed by atoms with van der Waals surface area (Å²) in [6, 6.07) is 30.5. The lowest BCUT2D eigenvalue weighted by Gasteiger charge is -2.18. The van der Waals surface area contributed by atoms with Crippen molar-refractivity contribution in [2.45, 2.75) is 50.5 Å². The number of alkyl carbamates (subject to hydrolysis) is 1. The SMILES string of the molecule is C[Si](C)(C)C.O=C(CC(CSSCC(NC(=O)OCC1c2ccccc2-c2ccccc21)C(=O)O)C(=O)O)OCC1c2ccccc2-c2ccccc21. The Kier molecular flexibility index (Phi) is 13.5. The van der Waals surface area contributed by atoms with E-state index < -0.39 is 44.0 Å². The molecule has 0 radical (unpaired) electrons. The van der Waals surface area contributed by atoms with Gasteiger partial charge in [0.25, 0.3) is 0 Å². The van der Waals surface area contributed by atoms with Crippen LogP contribution in [0.4, 0.5) is 4.79 Å². The van der Waals surface area contributed by atoms with Crippen molar-refractivity contribution in [1.82, 2.24) is 5.32 Å². The van der Waals surface area contributed by atoms with Gasteiger partial charge in [-0.25, -0.2) is 9.59 Å². The number of benzene rings is 4. The summed E-state index contributed by atoms with van der Waals surface area (Å²) in [6.45, 7) is 9.45. The molecular weight excluding hydrogens is 727 g/mol. The maximum Gasteiger partial charge on any atom is 0.407 e. The Balaban J connectivity index is 0.00000101. The second kappa shape index (κ2) is 18.0. The maximum absolute atomic E-state index is 12.7. The van der Waals surface area contributed by atoms with Crippen molar-refractivity contribution in [2.75, 3.05) is 24.7 Å². The van der Waals surface area contributed by atoms with Crippen LogP contribution in [0, 0.1) is 5.92 Å². The van der Waals surface area contributed by atoms with Crippen molar-refractivity contribution in [3.05, 3.63) is 119 Å². The predicted molar refractivity (Wildman–Crippen MR) is 214 cm³/mol. The Morgan fingerprint density at radius 1 is 0.623 bits per heavy atom. The first kappa shape index (κ1) is 39.7. The quantitative estimate of drug-likeness (QED) is 0.0494. The summed E-state index contributed by atoms with van der Waals surface area (Å²) in [6.07, 6.45) is -1.17. The van der Waals surface area contributed by atoms with E-state index in [1.165, 1.54) is 0 Å². The van der Waals surface area contributed by atoms with Gasteiger partial charge in [0.15, 0.2) is 0 Å². The lowest BCUT2D eigenvalue weighted by Crippen LogP contribution is -2.43. The molecule has 53 heavy (non-hydrogen) atoms. The minimum Gasteiger partial charge on any atom is -0.481 e. The third kappa shape index (κ3) is 10.5. The number of carboxylic acid groups (broad SMARTS) is 2. The van der Waals surface area contributed by atoms with E-state index in [1.807, 2.05) is 97.1 Å². The molecule has 0 fully saturated rings. The zero-order valence-electron chi connectivity index (χ0n) is 30.2. The monoisotopic (exact) mass is 771 g/mol. The first-order chi connectivity index (χ1) is 25.3. The third-order valence-corrected chi connectivity index (χ3v) is 11.1. The van der Waals surface area contributed by atoms with Crippen LogP contribution >= 0.6 is 21.6 Å². The molecule has 6 rings (SSSR count). The summed E-state index contributed by atoms with van der Waals surface area (Å²) >= 11 is 0. The number of hydrogen-bond acceptors (Lipinski definition) is 8. The lowest BCUT2D eigenvalue weighted by atomic mass is 9.98. The fourth-order valence-electron chi connectivity index (χ4n) is 6.30. The molecule has 2 atom stereocenters. The van der Waals surface area contributed by atoms with Crippen LogP contribution in [-0.4, -0.2) is 73.0 Å². The summed E-state index contributed by atoms with van der Waals surface area (Å²) < 4.78 is 11.1. The van der Waals surface area contributed by atoms with Crippen LogP contribution in [0.25, 0.3) is 22.3 Å². The standard InChI is InChI=1S/C37H33NO8S2.C4H12Si/c39-34(45-18-31-27-13-5-1-9-23(27)24-10-2-6-14-28(24)31)17-22(35(40)41)20-47-48-21-33(36(42)43)38-37(44)46-19-32-29-15-7-3-11-25(29)26-12-4-8-16-30(26)32;1-5(2,3)4/h1-16,22,31-33H,17-21H2,(H,38,44)(H,40,41)(H,42,43);1-4H3. The Labute approximate surface area is 319 Å². The summed E-state index contributed by atoms with van der Waals surface area (Å²) in [5.74, 6) is -4.34. The largest absolute Gasteiger partial charge is 0.481 e. The summed E-state index contributed by atoms with van der Waals surface area (Å²) in [7, 11) is 1.61. The van der Waals surface area contributed by atoms with Gasteiger partial charge in [-0.05, 0) is 44.5 Å². The molecule has 0 bridgehead atoms. The third-order valence-electron chi connectivity index (χ3n) is 8.66. The number of carboxylic acids is 2. The summed E-state index contributed by atoms with van der Waals surface area (Å²) in [5.41, 5.74) is 8.56. The van der Waals surface area contributed by atoms with E-state index in [2.05, 4.69) is 31.5 Å². The van der Waals surface area contributed by atoms with Crippen molar-refractivity contribution in [3.8, 4) is 22.3 Å². The van der Waals surface area contributed by atoms with Crippen LogP contribution < -0.4 is 5.32 Å². The molecule has 278 valence electrons. The van der Waals surface area contributed by atoms with Gasteiger partial charge in [-0.1, -0.05) is 145 Å². The first-order valence-electron chi connectivity index (χ1n) is 17.5. The van der Waals surface area contributed by atoms with Crippen LogP contribution in [0.2, 0.25) is 26.2 Å². The molecule has 12 heteroatoms. The first-order valence-corrected chi connectivity index (χ1v) is 24.0. The molecule has 2 unspecified atom stereocenters. The number of aliphatic carboxylic acids is 2. The highest BCUT2D eigenvalue weighted by atomic mass is 33.1. The van der Waals surface area contributed by atoms with Crippen LogP contribution in [0.15, 0.2) is 97.1 Å². The van der Waals surface area contributed by atoms with Gasteiger partial charge in [-0.3, -0.25) is 9.59 Å². The van der Waals surface area contributed by atoms with Crippen molar-refractivity contribution in [2.24, 2.45) is 5.92 Å². The van der Waals surface area contributed by atoms with E-state index in [9.17, 15) is 29.4 Å². The fourth-order valence-corrected chi connectivity index (χ4v) is 8.75. The van der Waals surface area contributed by atoms with Gasteiger partial charge >= 0.3 is 24.0 Å². The molecule has 0 spiro atoms. The van der Waals surface area contributed by atoms with Gasteiger partial charge < -0.3 is 25.0 Å². The number of esters is 1. The summed E-state index contributed by atoms with van der Waals surface area (Å²) in [4.78, 5) is 49.2. The average molecular weight is 772 g/mol. The molecule has 0 aliphatic heterocycles. The van der Waals surface area contributed by atoms with Crippen molar-refractivity contribution in [3.63, 3.8) is 0 Å². The van der Waals surface area contributed by atoms with E-state index in [-0.39, 0.29) is 43.0 Å². The Hall–Kier alpha value is -4.52. The highest BCUT2D eigenvalue weighted by Crippen LogP contribution is 2.45. The molecule has 1 amide bonds. The lowest BCUT2D eigenvalue weighted by molar-refractivity contribution is -0.151. The number of carbonyl (C=O) groups excluding carboxylic acids is 2. The number of ether oxygens (including phenoxy) is 2. The smallest absolute Gasteiger partial charge is 0.407 e. The Morgan fingerprint density at radius 2 is 1.00 bits per heavy atom. The zero-order chi connectivity index (χ0) is 38.1. The van der Waals surface area contributed by atoms with Gasteiger partial charge in [0.2, 0.25) is 0 Å². The zero-order valence-corrected chi connectivity index (χ0v) is 32.9. The van der Waals surface area contributed by atoms with Crippen LogP contribution in [-0.2, 0) is 23.9 Å². The van der Waals surface area contributed by atoms with E-state index in [0.29, 0.717) is 0 Å². The number of amides is 1. The highest BCUT2D eigenvalue weighted by molar-refractivity contribution is 8.76. The average Bonchev–Trinajstić information content (AvgIpc) is 3.62. The predicted octanol–water partition coefficient (Wildman–Crippen LogP) is 8.76. The molecule has 3 N–H and O–H groups in total. The van der Waals surface area contributed by atoms with E-state index in [1.54, 1.807) is 0 Å². The minimum atomic E-state index is -1.26. The van der Waals surface area contributed by atoms with Crippen LogP contribution in [0.5, 0.6) is 0 Å². The molecule has 4 aromatic carbocycles. The number of carbonyl (C=O) groups is 4. The van der Waals surface area contributed by atoms with Gasteiger partial charge in [-0.2, -0.15) is 0 Å². The number of hydrogen-bond donors (Lipinski definition) is 3. The number of rotatable bonds is 14. The van der Waals surface area contributed by atoms with Crippen molar-refractivity contribution in [1.29, 1.82) is 0 Å². The highest BCUT2D eigenvalue weighted by Gasteiger charge is 2.32. The molecule has 2 aliphatic carbocycles. The second-order valence-corrected chi connectivity index (χ2v) is 23.1. The fraction of sp³-hybridized carbons (Fsp3) is 0.317. The molecular formula is C41H45NO8S2Si. The second-order valence-electron chi connectivity index (χ2n) is 14.6.